The average Bonchev–Trinajstić information content (AvgIpc) is 2.03. The molecule has 0 aliphatic heterocycles. The Hall–Kier alpha value is -2.02. The topological polar surface area (TPSA) is 76.2 Å². The number of carboxylic acid groups (broad SMARTS) is 1. The molecule has 1 aromatic rings. The summed E-state index contributed by atoms with van der Waals surface area (Å²) in [6, 6.07) is 0. The molecule has 4 nitrogen and oxygen atoms in total. The molecule has 3 N–H and O–H groups in total. The van der Waals surface area contributed by atoms with Gasteiger partial charge in [-0.1, -0.05) is 5.92 Å². The molecule has 0 saturated carbocycles. The number of pyridine rings is 1. The largest absolute Gasteiger partial charge is 0.478 e. The number of carbonyl (C=O) groups is 1. The number of nitrogens with zero attached hydrogens (tertiary/aromatic N) is 1. The molecule has 0 aliphatic carbocycles. The fraction of sp³-hybridized carbons (Fsp3) is 0. The lowest BCUT2D eigenvalue weighted by Crippen LogP contribution is -2.05. The minimum absolute atomic E-state index is 0.0625. The highest BCUT2D eigenvalue weighted by Gasteiger charge is 2.12. The second-order valence-corrected chi connectivity index (χ2v) is 2.10. The van der Waals surface area contributed by atoms with Gasteiger partial charge in [-0.3, -0.25) is 4.98 Å². The number of carboxylic acids is 1. The molecule has 0 bridgehead atoms. The SMILES string of the molecule is C#Cc1cncc(N)c1C(=O)O. The third-order valence-electron chi connectivity index (χ3n) is 1.34. The molecule has 0 fully saturated rings. The van der Waals surface area contributed by atoms with Gasteiger partial charge in [-0.05, 0) is 0 Å². The van der Waals surface area contributed by atoms with E-state index in [-0.39, 0.29) is 16.8 Å². The first-order valence-corrected chi connectivity index (χ1v) is 3.10. The Morgan fingerprint density at radius 2 is 2.33 bits per heavy atom. The molecular formula is C8H6N2O2. The van der Waals surface area contributed by atoms with Crippen LogP contribution in [0.1, 0.15) is 15.9 Å². The van der Waals surface area contributed by atoms with E-state index >= 15 is 0 Å². The molecule has 4 heteroatoms. The van der Waals surface area contributed by atoms with Crippen LogP contribution < -0.4 is 5.73 Å². The first-order chi connectivity index (χ1) is 5.66. The Kier molecular flexibility index (Phi) is 1.97. The number of terminal acetylenes is 1. The lowest BCUT2D eigenvalue weighted by Gasteiger charge is -2.00. The van der Waals surface area contributed by atoms with Gasteiger partial charge in [-0.2, -0.15) is 0 Å². The zero-order valence-corrected chi connectivity index (χ0v) is 6.11. The van der Waals surface area contributed by atoms with Crippen LogP contribution in [-0.4, -0.2) is 16.1 Å². The number of aromatic carboxylic acids is 1. The van der Waals surface area contributed by atoms with Crippen LogP contribution in [0.3, 0.4) is 0 Å². The molecule has 60 valence electrons. The van der Waals surface area contributed by atoms with Crippen LogP contribution in [0.25, 0.3) is 0 Å². The van der Waals surface area contributed by atoms with E-state index in [4.69, 9.17) is 17.3 Å². The Morgan fingerprint density at radius 3 is 2.75 bits per heavy atom. The molecule has 0 unspecified atom stereocenters. The maximum absolute atomic E-state index is 10.6. The van der Waals surface area contributed by atoms with Gasteiger partial charge >= 0.3 is 5.97 Å². The second kappa shape index (κ2) is 2.93. The van der Waals surface area contributed by atoms with E-state index in [1.54, 1.807) is 0 Å². The van der Waals surface area contributed by atoms with Gasteiger partial charge in [0.15, 0.2) is 0 Å². The van der Waals surface area contributed by atoms with Crippen molar-refractivity contribution in [3.63, 3.8) is 0 Å². The van der Waals surface area contributed by atoms with Crippen LogP contribution in [-0.2, 0) is 0 Å². The fourth-order valence-electron chi connectivity index (χ4n) is 0.825. The van der Waals surface area contributed by atoms with Crippen molar-refractivity contribution in [3.8, 4) is 12.3 Å². The summed E-state index contributed by atoms with van der Waals surface area (Å²) in [7, 11) is 0. The molecule has 0 amide bonds. The second-order valence-electron chi connectivity index (χ2n) is 2.10. The van der Waals surface area contributed by atoms with Crippen molar-refractivity contribution in [1.82, 2.24) is 4.98 Å². The van der Waals surface area contributed by atoms with Gasteiger partial charge in [0.25, 0.3) is 0 Å². The summed E-state index contributed by atoms with van der Waals surface area (Å²) in [6.45, 7) is 0. The maximum Gasteiger partial charge on any atom is 0.339 e. The van der Waals surface area contributed by atoms with Gasteiger partial charge in [0, 0.05) is 6.20 Å². The van der Waals surface area contributed by atoms with Crippen LogP contribution in [0.15, 0.2) is 12.4 Å². The lowest BCUT2D eigenvalue weighted by molar-refractivity contribution is 0.0697. The molecule has 0 saturated heterocycles. The summed E-state index contributed by atoms with van der Waals surface area (Å²) in [4.78, 5) is 14.3. The van der Waals surface area contributed by atoms with Gasteiger partial charge in [0.2, 0.25) is 0 Å². The van der Waals surface area contributed by atoms with Crippen molar-refractivity contribution in [2.45, 2.75) is 0 Å². The summed E-state index contributed by atoms with van der Waals surface area (Å²) >= 11 is 0. The fourth-order valence-corrected chi connectivity index (χ4v) is 0.825. The Bertz CT molecular complexity index is 366. The molecule has 0 radical (unpaired) electrons. The Morgan fingerprint density at radius 1 is 1.67 bits per heavy atom. The van der Waals surface area contributed by atoms with Crippen LogP contribution in [0.2, 0.25) is 0 Å². The molecule has 1 heterocycles. The quantitative estimate of drug-likeness (QED) is 0.584. The van der Waals surface area contributed by atoms with Crippen molar-refractivity contribution in [1.29, 1.82) is 0 Å². The number of aromatic nitrogens is 1. The summed E-state index contributed by atoms with van der Waals surface area (Å²) in [5.41, 5.74) is 5.57. The number of hydrogen-bond donors (Lipinski definition) is 2. The highest BCUT2D eigenvalue weighted by Crippen LogP contribution is 2.13. The minimum Gasteiger partial charge on any atom is -0.478 e. The minimum atomic E-state index is -1.14. The summed E-state index contributed by atoms with van der Waals surface area (Å²) in [5.74, 6) is 1.06. The van der Waals surface area contributed by atoms with Crippen molar-refractivity contribution in [3.05, 3.63) is 23.5 Å². The van der Waals surface area contributed by atoms with E-state index in [2.05, 4.69) is 10.9 Å². The van der Waals surface area contributed by atoms with Crippen molar-refractivity contribution >= 4 is 11.7 Å². The van der Waals surface area contributed by atoms with Crippen LogP contribution in [0.4, 0.5) is 5.69 Å². The van der Waals surface area contributed by atoms with Crippen molar-refractivity contribution < 1.29 is 9.90 Å². The standard InChI is InChI=1S/C8H6N2O2/c1-2-5-3-10-4-6(9)7(5)8(11)12/h1,3-4H,9H2,(H,11,12). The Balaban J connectivity index is 3.42. The van der Waals surface area contributed by atoms with E-state index < -0.39 is 5.97 Å². The zero-order chi connectivity index (χ0) is 9.14. The molecule has 0 atom stereocenters. The third-order valence-corrected chi connectivity index (χ3v) is 1.34. The number of hydrogen-bond acceptors (Lipinski definition) is 3. The molecular weight excluding hydrogens is 156 g/mol. The molecule has 0 spiro atoms. The molecule has 1 aromatic heterocycles. The number of rotatable bonds is 1. The van der Waals surface area contributed by atoms with E-state index in [1.807, 2.05) is 0 Å². The van der Waals surface area contributed by atoms with Gasteiger partial charge in [-0.15, -0.1) is 6.42 Å². The normalized spacial score (nSPS) is 8.92. The zero-order valence-electron chi connectivity index (χ0n) is 6.11. The predicted molar refractivity (Wildman–Crippen MR) is 43.5 cm³/mol. The number of nitrogen functional groups attached to an aromatic ring is 1. The highest BCUT2D eigenvalue weighted by molar-refractivity contribution is 5.96. The van der Waals surface area contributed by atoms with E-state index in [9.17, 15) is 4.79 Å². The molecule has 0 aromatic carbocycles. The van der Waals surface area contributed by atoms with E-state index in [0.29, 0.717) is 0 Å². The number of anilines is 1. The van der Waals surface area contributed by atoms with Crippen LogP contribution >= 0.6 is 0 Å². The molecule has 0 aliphatic rings. The van der Waals surface area contributed by atoms with Gasteiger partial charge < -0.3 is 10.8 Å². The smallest absolute Gasteiger partial charge is 0.339 e. The maximum atomic E-state index is 10.6. The summed E-state index contributed by atoms with van der Waals surface area (Å²) in [6.07, 6.45) is 7.59. The van der Waals surface area contributed by atoms with Crippen LogP contribution in [0, 0.1) is 12.3 Å². The van der Waals surface area contributed by atoms with E-state index in [0.717, 1.165) is 0 Å². The summed E-state index contributed by atoms with van der Waals surface area (Å²) in [5, 5.41) is 8.67. The van der Waals surface area contributed by atoms with Gasteiger partial charge in [0.05, 0.1) is 17.4 Å². The Labute approximate surface area is 69.0 Å². The molecule has 1 rings (SSSR count). The first-order valence-electron chi connectivity index (χ1n) is 3.10. The monoisotopic (exact) mass is 162 g/mol. The van der Waals surface area contributed by atoms with Crippen molar-refractivity contribution in [2.24, 2.45) is 0 Å². The lowest BCUT2D eigenvalue weighted by atomic mass is 10.1. The molecule has 12 heavy (non-hydrogen) atoms. The first kappa shape index (κ1) is 8.08. The average molecular weight is 162 g/mol. The van der Waals surface area contributed by atoms with Gasteiger partial charge in [-0.25, -0.2) is 4.79 Å². The van der Waals surface area contributed by atoms with Crippen molar-refractivity contribution in [2.75, 3.05) is 5.73 Å². The highest BCUT2D eigenvalue weighted by atomic mass is 16.4. The predicted octanol–water partition coefficient (Wildman–Crippen LogP) is 0.343. The van der Waals surface area contributed by atoms with Crippen LogP contribution in [0.5, 0.6) is 0 Å². The number of nitrogens with two attached hydrogens (primary N) is 1. The van der Waals surface area contributed by atoms with E-state index in [1.165, 1.54) is 12.4 Å². The third kappa shape index (κ3) is 1.20. The van der Waals surface area contributed by atoms with Gasteiger partial charge in [0.1, 0.15) is 5.56 Å². The summed E-state index contributed by atoms with van der Waals surface area (Å²) < 4.78 is 0.